The fraction of sp³-hybridized carbons (Fsp3) is 0.182. The maximum atomic E-state index is 13.1. The number of nitrogens with zero attached hydrogens (tertiary/aromatic N) is 3. The summed E-state index contributed by atoms with van der Waals surface area (Å²) in [4.78, 5) is 34.7. The summed E-state index contributed by atoms with van der Waals surface area (Å²) in [5.41, 5.74) is 4.50. The number of hydrogen-bond acceptors (Lipinski definition) is 4. The summed E-state index contributed by atoms with van der Waals surface area (Å²) in [6, 6.07) is 13.3. The predicted octanol–water partition coefficient (Wildman–Crippen LogP) is 3.52. The molecule has 0 saturated carbocycles. The van der Waals surface area contributed by atoms with E-state index in [9.17, 15) is 9.59 Å². The van der Waals surface area contributed by atoms with Crippen LogP contribution in [-0.2, 0) is 6.42 Å². The standard InChI is InChI=1S/C22H21N5O2/c1-4-16-10-11-17(12-23-16)25-21(28)19-13(2)24-20-18(15-8-6-5-7-9-15)14(3)26-27(20)22(19)29/h5-12,26H,4H2,1-3H3,(H,25,28). The maximum Gasteiger partial charge on any atom is 0.285 e. The van der Waals surface area contributed by atoms with Crippen LogP contribution in [0.25, 0.3) is 16.8 Å². The van der Waals surface area contributed by atoms with Crippen LogP contribution >= 0.6 is 0 Å². The lowest BCUT2D eigenvalue weighted by molar-refractivity contribution is 0.102. The third kappa shape index (κ3) is 3.31. The Kier molecular flexibility index (Phi) is 4.72. The molecule has 0 spiro atoms. The number of fused-ring (bicyclic) bond motifs is 1. The number of anilines is 1. The van der Waals surface area contributed by atoms with E-state index < -0.39 is 11.5 Å². The van der Waals surface area contributed by atoms with Crippen LogP contribution in [0.5, 0.6) is 0 Å². The summed E-state index contributed by atoms with van der Waals surface area (Å²) >= 11 is 0. The Labute approximate surface area is 167 Å². The topological polar surface area (TPSA) is 92.1 Å². The summed E-state index contributed by atoms with van der Waals surface area (Å²) in [5, 5.41) is 5.78. The van der Waals surface area contributed by atoms with Crippen LogP contribution in [0.3, 0.4) is 0 Å². The third-order valence-electron chi connectivity index (χ3n) is 4.88. The number of carbonyl (C=O) groups excluding carboxylic acids is 1. The van der Waals surface area contributed by atoms with Crippen molar-refractivity contribution in [1.29, 1.82) is 0 Å². The van der Waals surface area contributed by atoms with Crippen molar-refractivity contribution in [1.82, 2.24) is 19.6 Å². The molecule has 4 aromatic rings. The zero-order valence-corrected chi connectivity index (χ0v) is 16.5. The van der Waals surface area contributed by atoms with E-state index in [4.69, 9.17) is 0 Å². The maximum absolute atomic E-state index is 13.1. The van der Waals surface area contributed by atoms with Gasteiger partial charge < -0.3 is 5.32 Å². The highest BCUT2D eigenvalue weighted by Gasteiger charge is 2.21. The van der Waals surface area contributed by atoms with Gasteiger partial charge in [-0.3, -0.25) is 19.7 Å². The molecule has 0 fully saturated rings. The van der Waals surface area contributed by atoms with E-state index in [2.05, 4.69) is 20.4 Å². The number of rotatable bonds is 4. The number of carbonyl (C=O) groups is 1. The number of nitrogens with one attached hydrogen (secondary N) is 2. The first kappa shape index (κ1) is 18.6. The van der Waals surface area contributed by atoms with Crippen molar-refractivity contribution in [2.24, 2.45) is 0 Å². The van der Waals surface area contributed by atoms with Crippen molar-refractivity contribution >= 4 is 17.2 Å². The Bertz CT molecular complexity index is 1250. The number of amides is 1. The van der Waals surface area contributed by atoms with Crippen molar-refractivity contribution in [3.63, 3.8) is 0 Å². The Morgan fingerprint density at radius 2 is 1.90 bits per heavy atom. The lowest BCUT2D eigenvalue weighted by atomic mass is 10.1. The molecule has 7 nitrogen and oxygen atoms in total. The molecule has 0 aliphatic carbocycles. The molecule has 0 atom stereocenters. The van der Waals surface area contributed by atoms with Gasteiger partial charge in [-0.15, -0.1) is 0 Å². The molecule has 3 aromatic heterocycles. The second-order valence-corrected chi connectivity index (χ2v) is 6.86. The molecular formula is C22H21N5O2. The Balaban J connectivity index is 1.78. The number of aromatic nitrogens is 4. The average Bonchev–Trinajstić information content (AvgIpc) is 3.05. The number of aryl methyl sites for hydroxylation is 3. The lowest BCUT2D eigenvalue weighted by Gasteiger charge is -2.08. The molecule has 3 heterocycles. The van der Waals surface area contributed by atoms with E-state index in [1.807, 2.05) is 50.2 Å². The summed E-state index contributed by atoms with van der Waals surface area (Å²) in [7, 11) is 0. The highest BCUT2D eigenvalue weighted by molar-refractivity contribution is 6.05. The van der Waals surface area contributed by atoms with E-state index in [1.165, 1.54) is 4.52 Å². The van der Waals surface area contributed by atoms with Crippen LogP contribution < -0.4 is 10.9 Å². The number of aromatic amines is 1. The van der Waals surface area contributed by atoms with Gasteiger partial charge in [0.15, 0.2) is 5.65 Å². The monoisotopic (exact) mass is 387 g/mol. The van der Waals surface area contributed by atoms with Gasteiger partial charge in [-0.1, -0.05) is 37.3 Å². The average molecular weight is 387 g/mol. The van der Waals surface area contributed by atoms with Gasteiger partial charge in [-0.05, 0) is 38.0 Å². The molecule has 0 bridgehead atoms. The highest BCUT2D eigenvalue weighted by atomic mass is 16.2. The van der Waals surface area contributed by atoms with Gasteiger partial charge in [0, 0.05) is 17.0 Å². The van der Waals surface area contributed by atoms with Crippen LogP contribution in [0.4, 0.5) is 5.69 Å². The van der Waals surface area contributed by atoms with Crippen LogP contribution in [0.1, 0.15) is 34.4 Å². The summed E-state index contributed by atoms with van der Waals surface area (Å²) in [6.07, 6.45) is 2.40. The van der Waals surface area contributed by atoms with Gasteiger partial charge in [-0.2, -0.15) is 0 Å². The lowest BCUT2D eigenvalue weighted by Crippen LogP contribution is -2.29. The van der Waals surface area contributed by atoms with Gasteiger partial charge in [0.05, 0.1) is 17.6 Å². The van der Waals surface area contributed by atoms with E-state index >= 15 is 0 Å². The fourth-order valence-corrected chi connectivity index (χ4v) is 3.40. The van der Waals surface area contributed by atoms with Crippen molar-refractivity contribution in [2.45, 2.75) is 27.2 Å². The fourth-order valence-electron chi connectivity index (χ4n) is 3.40. The molecule has 0 unspecified atom stereocenters. The predicted molar refractivity (Wildman–Crippen MR) is 112 cm³/mol. The van der Waals surface area contributed by atoms with Gasteiger partial charge in [0.25, 0.3) is 11.5 Å². The summed E-state index contributed by atoms with van der Waals surface area (Å²) in [5.74, 6) is -0.506. The van der Waals surface area contributed by atoms with E-state index in [0.717, 1.165) is 28.9 Å². The first-order chi connectivity index (χ1) is 14.0. The second-order valence-electron chi connectivity index (χ2n) is 6.86. The molecular weight excluding hydrogens is 366 g/mol. The number of pyridine rings is 1. The SMILES string of the molecule is CCc1ccc(NC(=O)c2c(C)nc3c(-c4ccccc4)c(C)[nH]n3c2=O)cn1. The van der Waals surface area contributed by atoms with E-state index in [1.54, 1.807) is 19.2 Å². The highest BCUT2D eigenvalue weighted by Crippen LogP contribution is 2.26. The minimum absolute atomic E-state index is 0.00271. The van der Waals surface area contributed by atoms with Crippen molar-refractivity contribution < 1.29 is 4.79 Å². The van der Waals surface area contributed by atoms with Crippen LogP contribution in [0, 0.1) is 13.8 Å². The molecule has 1 amide bonds. The molecule has 0 aliphatic heterocycles. The zero-order chi connectivity index (χ0) is 20.5. The zero-order valence-electron chi connectivity index (χ0n) is 16.5. The molecule has 0 radical (unpaired) electrons. The van der Waals surface area contributed by atoms with Crippen molar-refractivity contribution in [3.05, 3.63) is 81.7 Å². The Hall–Kier alpha value is -3.74. The van der Waals surface area contributed by atoms with E-state index in [-0.39, 0.29) is 5.56 Å². The number of H-pyrrole nitrogens is 1. The summed E-state index contributed by atoms with van der Waals surface area (Å²) < 4.78 is 1.33. The quantitative estimate of drug-likeness (QED) is 0.560. The van der Waals surface area contributed by atoms with E-state index in [0.29, 0.717) is 17.0 Å². The third-order valence-corrected chi connectivity index (χ3v) is 4.88. The molecule has 1 aromatic carbocycles. The first-order valence-electron chi connectivity index (χ1n) is 9.43. The number of hydrogen-bond donors (Lipinski definition) is 2. The molecule has 0 saturated heterocycles. The smallest absolute Gasteiger partial charge is 0.285 e. The van der Waals surface area contributed by atoms with Gasteiger partial charge in [-0.25, -0.2) is 9.50 Å². The second kappa shape index (κ2) is 7.35. The minimum Gasteiger partial charge on any atom is -0.320 e. The van der Waals surface area contributed by atoms with Gasteiger partial charge >= 0.3 is 0 Å². The first-order valence-corrected chi connectivity index (χ1v) is 9.43. The Morgan fingerprint density at radius 3 is 2.55 bits per heavy atom. The number of benzene rings is 1. The van der Waals surface area contributed by atoms with Gasteiger partial charge in [0.2, 0.25) is 0 Å². The molecule has 2 N–H and O–H groups in total. The molecule has 0 aliphatic rings. The molecule has 7 heteroatoms. The van der Waals surface area contributed by atoms with Gasteiger partial charge in [0.1, 0.15) is 5.56 Å². The summed E-state index contributed by atoms with van der Waals surface area (Å²) in [6.45, 7) is 5.56. The van der Waals surface area contributed by atoms with Crippen LogP contribution in [0.2, 0.25) is 0 Å². The molecule has 4 rings (SSSR count). The molecule has 29 heavy (non-hydrogen) atoms. The van der Waals surface area contributed by atoms with Crippen LogP contribution in [-0.4, -0.2) is 25.5 Å². The Morgan fingerprint density at radius 1 is 1.14 bits per heavy atom. The largest absolute Gasteiger partial charge is 0.320 e. The normalized spacial score (nSPS) is 11.0. The minimum atomic E-state index is -0.506. The van der Waals surface area contributed by atoms with Crippen LogP contribution in [0.15, 0.2) is 53.5 Å². The van der Waals surface area contributed by atoms with Crippen molar-refractivity contribution in [2.75, 3.05) is 5.32 Å². The van der Waals surface area contributed by atoms with Crippen molar-refractivity contribution in [3.8, 4) is 11.1 Å². The molecule has 146 valence electrons.